The van der Waals surface area contributed by atoms with E-state index in [2.05, 4.69) is 0 Å². The first-order valence-corrected chi connectivity index (χ1v) is 8.35. The van der Waals surface area contributed by atoms with Crippen LogP contribution in [-0.2, 0) is 16.0 Å². The second-order valence-corrected chi connectivity index (χ2v) is 6.69. The Morgan fingerprint density at radius 2 is 2.18 bits per heavy atom. The van der Waals surface area contributed by atoms with Crippen molar-refractivity contribution in [2.75, 3.05) is 18.8 Å². The van der Waals surface area contributed by atoms with Gasteiger partial charge in [-0.05, 0) is 18.9 Å². The molecular weight excluding hydrogens is 300 g/mol. The zero-order valence-electron chi connectivity index (χ0n) is 12.4. The Bertz CT molecular complexity index is 616. The normalized spacial score (nSPS) is 21.8. The summed E-state index contributed by atoms with van der Waals surface area (Å²) in [5, 5.41) is -0.178. The van der Waals surface area contributed by atoms with E-state index in [1.165, 1.54) is 4.90 Å². The summed E-state index contributed by atoms with van der Waals surface area (Å²) in [6.07, 6.45) is 1.04. The Balaban J connectivity index is 1.61. The van der Waals surface area contributed by atoms with Crippen molar-refractivity contribution < 1.29 is 14.4 Å². The fraction of sp³-hybridized carbons (Fsp3) is 0.438. The molecule has 0 aromatic heterocycles. The number of imide groups is 1. The number of likely N-dealkylation sites (tertiary alicyclic amines) is 1. The largest absolute Gasteiger partial charge is 0.340 e. The van der Waals surface area contributed by atoms with E-state index < -0.39 is 0 Å². The van der Waals surface area contributed by atoms with Crippen molar-refractivity contribution in [2.45, 2.75) is 25.8 Å². The maximum atomic E-state index is 12.4. The second-order valence-electron chi connectivity index (χ2n) is 5.77. The van der Waals surface area contributed by atoms with E-state index in [4.69, 9.17) is 0 Å². The SMILES string of the molecule is Cc1cccc(CC(=O)N2CC[C@H](N3C(=O)CSC3=O)C2)c1. The van der Waals surface area contributed by atoms with Crippen LogP contribution in [0.5, 0.6) is 0 Å². The molecule has 2 aliphatic heterocycles. The van der Waals surface area contributed by atoms with Gasteiger partial charge < -0.3 is 4.90 Å². The first-order chi connectivity index (χ1) is 10.5. The number of carbonyl (C=O) groups excluding carboxylic acids is 3. The number of hydrogen-bond donors (Lipinski definition) is 0. The topological polar surface area (TPSA) is 57.7 Å². The van der Waals surface area contributed by atoms with Gasteiger partial charge in [-0.25, -0.2) is 0 Å². The van der Waals surface area contributed by atoms with Gasteiger partial charge in [-0.2, -0.15) is 0 Å². The van der Waals surface area contributed by atoms with Gasteiger partial charge in [0.1, 0.15) is 0 Å². The van der Waals surface area contributed by atoms with E-state index in [9.17, 15) is 14.4 Å². The lowest BCUT2D eigenvalue weighted by molar-refractivity contribution is -0.131. The van der Waals surface area contributed by atoms with Crippen molar-refractivity contribution in [3.63, 3.8) is 0 Å². The van der Waals surface area contributed by atoms with Crippen LogP contribution in [0, 0.1) is 6.92 Å². The summed E-state index contributed by atoms with van der Waals surface area (Å²) >= 11 is 1.05. The van der Waals surface area contributed by atoms with Crippen LogP contribution in [0.3, 0.4) is 0 Å². The van der Waals surface area contributed by atoms with Gasteiger partial charge in [0.2, 0.25) is 11.8 Å². The number of hydrogen-bond acceptors (Lipinski definition) is 4. The highest BCUT2D eigenvalue weighted by atomic mass is 32.2. The van der Waals surface area contributed by atoms with E-state index >= 15 is 0 Å². The van der Waals surface area contributed by atoms with Crippen LogP contribution >= 0.6 is 11.8 Å². The lowest BCUT2D eigenvalue weighted by Crippen LogP contribution is -2.41. The number of aryl methyl sites for hydroxylation is 1. The first kappa shape index (κ1) is 15.1. The molecule has 116 valence electrons. The van der Waals surface area contributed by atoms with Crippen molar-refractivity contribution in [1.29, 1.82) is 0 Å². The summed E-state index contributed by atoms with van der Waals surface area (Å²) in [5.41, 5.74) is 2.13. The van der Waals surface area contributed by atoms with Gasteiger partial charge in [-0.1, -0.05) is 41.6 Å². The molecule has 0 saturated carbocycles. The molecule has 0 bridgehead atoms. The fourth-order valence-electron chi connectivity index (χ4n) is 3.00. The molecule has 1 atom stereocenters. The number of benzene rings is 1. The molecule has 2 saturated heterocycles. The maximum absolute atomic E-state index is 12.4. The summed E-state index contributed by atoms with van der Waals surface area (Å²) in [4.78, 5) is 39.0. The van der Waals surface area contributed by atoms with Crippen molar-refractivity contribution in [2.24, 2.45) is 0 Å². The number of carbonyl (C=O) groups is 3. The van der Waals surface area contributed by atoms with Crippen LogP contribution < -0.4 is 0 Å². The van der Waals surface area contributed by atoms with E-state index in [-0.39, 0.29) is 28.8 Å². The van der Waals surface area contributed by atoms with E-state index in [0.29, 0.717) is 25.9 Å². The molecule has 2 fully saturated rings. The monoisotopic (exact) mass is 318 g/mol. The quantitative estimate of drug-likeness (QED) is 0.853. The fourth-order valence-corrected chi connectivity index (χ4v) is 3.78. The molecule has 0 radical (unpaired) electrons. The smallest absolute Gasteiger partial charge is 0.289 e. The minimum Gasteiger partial charge on any atom is -0.340 e. The van der Waals surface area contributed by atoms with E-state index in [1.807, 2.05) is 31.2 Å². The first-order valence-electron chi connectivity index (χ1n) is 7.37. The predicted molar refractivity (Wildman–Crippen MR) is 84.6 cm³/mol. The molecule has 6 heteroatoms. The van der Waals surface area contributed by atoms with Gasteiger partial charge in [0, 0.05) is 13.1 Å². The van der Waals surface area contributed by atoms with Crippen LogP contribution in [0.15, 0.2) is 24.3 Å². The van der Waals surface area contributed by atoms with Crippen molar-refractivity contribution >= 4 is 28.8 Å². The summed E-state index contributed by atoms with van der Waals surface area (Å²) in [6.45, 7) is 3.07. The molecule has 3 rings (SSSR count). The highest BCUT2D eigenvalue weighted by Crippen LogP contribution is 2.26. The third-order valence-corrected chi connectivity index (χ3v) is 4.94. The van der Waals surface area contributed by atoms with E-state index in [0.717, 1.165) is 22.9 Å². The third-order valence-electron chi connectivity index (χ3n) is 4.10. The maximum Gasteiger partial charge on any atom is 0.289 e. The molecule has 0 aliphatic carbocycles. The molecule has 0 N–H and O–H groups in total. The average Bonchev–Trinajstić information content (AvgIpc) is 3.06. The summed E-state index contributed by atoms with van der Waals surface area (Å²) in [5.74, 6) is 0.153. The van der Waals surface area contributed by atoms with Crippen molar-refractivity contribution in [3.05, 3.63) is 35.4 Å². The minimum atomic E-state index is -0.178. The molecular formula is C16H18N2O3S. The zero-order valence-corrected chi connectivity index (χ0v) is 13.3. The molecule has 1 aromatic rings. The van der Waals surface area contributed by atoms with Crippen LogP contribution in [0.25, 0.3) is 0 Å². The highest BCUT2D eigenvalue weighted by molar-refractivity contribution is 8.14. The Labute approximate surface area is 133 Å². The molecule has 22 heavy (non-hydrogen) atoms. The predicted octanol–water partition coefficient (Wildman–Crippen LogP) is 1.83. The lowest BCUT2D eigenvalue weighted by atomic mass is 10.1. The highest BCUT2D eigenvalue weighted by Gasteiger charge is 2.40. The second kappa shape index (κ2) is 6.12. The lowest BCUT2D eigenvalue weighted by Gasteiger charge is -2.22. The number of rotatable bonds is 3. The number of nitrogens with zero attached hydrogens (tertiary/aromatic N) is 2. The number of thioether (sulfide) groups is 1. The summed E-state index contributed by atoms with van der Waals surface area (Å²) < 4.78 is 0. The summed E-state index contributed by atoms with van der Waals surface area (Å²) in [6, 6.07) is 7.75. The van der Waals surface area contributed by atoms with Gasteiger partial charge in [-0.15, -0.1) is 0 Å². The Morgan fingerprint density at radius 3 is 2.86 bits per heavy atom. The van der Waals surface area contributed by atoms with Gasteiger partial charge in [0.05, 0.1) is 18.2 Å². The van der Waals surface area contributed by atoms with Crippen LogP contribution in [0.4, 0.5) is 4.79 Å². The Kier molecular flexibility index (Phi) is 4.20. The zero-order chi connectivity index (χ0) is 15.7. The third kappa shape index (κ3) is 3.02. The Hall–Kier alpha value is -1.82. The molecule has 5 nitrogen and oxygen atoms in total. The van der Waals surface area contributed by atoms with Crippen molar-refractivity contribution in [1.82, 2.24) is 9.80 Å². The minimum absolute atomic E-state index is 0.0554. The van der Waals surface area contributed by atoms with Gasteiger partial charge in [-0.3, -0.25) is 19.3 Å². The molecule has 2 aliphatic rings. The van der Waals surface area contributed by atoms with Crippen LogP contribution in [-0.4, -0.2) is 51.7 Å². The Morgan fingerprint density at radius 1 is 1.36 bits per heavy atom. The average molecular weight is 318 g/mol. The summed E-state index contributed by atoms with van der Waals surface area (Å²) in [7, 11) is 0. The van der Waals surface area contributed by atoms with Gasteiger partial charge in [0.25, 0.3) is 5.24 Å². The van der Waals surface area contributed by atoms with Crippen molar-refractivity contribution in [3.8, 4) is 0 Å². The number of amides is 3. The van der Waals surface area contributed by atoms with E-state index in [1.54, 1.807) is 4.90 Å². The van der Waals surface area contributed by atoms with Gasteiger partial charge in [0.15, 0.2) is 0 Å². The standard InChI is InChI=1S/C16H18N2O3S/c1-11-3-2-4-12(7-11)8-14(19)17-6-5-13(9-17)18-15(20)10-22-16(18)21/h2-4,7,13H,5-6,8-10H2,1H3/t13-/m0/s1. The van der Waals surface area contributed by atoms with Crippen LogP contribution in [0.2, 0.25) is 0 Å². The molecule has 0 unspecified atom stereocenters. The molecule has 2 heterocycles. The van der Waals surface area contributed by atoms with Gasteiger partial charge >= 0.3 is 0 Å². The van der Waals surface area contributed by atoms with Crippen LogP contribution in [0.1, 0.15) is 17.5 Å². The molecule has 0 spiro atoms. The molecule has 3 amide bonds. The molecule has 1 aromatic carbocycles.